The summed E-state index contributed by atoms with van der Waals surface area (Å²) in [6.45, 7) is 19.4. The minimum absolute atomic E-state index is 0.0129. The zero-order valence-corrected chi connectivity index (χ0v) is 38.0. The number of anilines is 1. The van der Waals surface area contributed by atoms with E-state index in [1.165, 1.54) is 7.11 Å². The lowest BCUT2D eigenvalue weighted by atomic mass is 9.94. The highest BCUT2D eigenvalue weighted by Crippen LogP contribution is 2.38. The fourth-order valence-corrected chi connectivity index (χ4v) is 7.25. The minimum atomic E-state index is -2.33. The molecule has 2 unspecified atom stereocenters. The van der Waals surface area contributed by atoms with Gasteiger partial charge in [0.2, 0.25) is 0 Å². The van der Waals surface area contributed by atoms with Gasteiger partial charge in [-0.1, -0.05) is 75.4 Å². The Morgan fingerprint density at radius 3 is 2.15 bits per heavy atom. The number of furan rings is 1. The molecule has 0 fully saturated rings. The van der Waals surface area contributed by atoms with Gasteiger partial charge in [0.15, 0.2) is 26.6 Å². The van der Waals surface area contributed by atoms with Crippen molar-refractivity contribution < 1.29 is 47.0 Å². The van der Waals surface area contributed by atoms with Gasteiger partial charge >= 0.3 is 11.9 Å². The van der Waals surface area contributed by atoms with Gasteiger partial charge in [-0.3, -0.25) is 14.4 Å². The zero-order chi connectivity index (χ0) is 44.3. The van der Waals surface area contributed by atoms with Crippen LogP contribution in [0.1, 0.15) is 83.7 Å². The van der Waals surface area contributed by atoms with Crippen molar-refractivity contribution in [2.75, 3.05) is 32.4 Å². The summed E-state index contributed by atoms with van der Waals surface area (Å²) in [6.07, 6.45) is -0.298. The average Bonchev–Trinajstić information content (AvgIpc) is 3.66. The molecule has 324 valence electrons. The van der Waals surface area contributed by atoms with Crippen molar-refractivity contribution >= 4 is 48.5 Å². The largest absolute Gasteiger partial charge is 0.463 e. The Morgan fingerprint density at radius 1 is 0.850 bits per heavy atom. The second kappa shape index (κ2) is 20.8. The SMILES string of the molecule is CCOC(=O)C(CC(=O)OC(C)(C)C)=C(OCOC)C(=O)N(Cc1ccc2ccccc2c1)C(C)C(CO[Si](C)(C)C(C)(C)C)Cc1ccc(C(=O)Nc2ccccc2)o1. The van der Waals surface area contributed by atoms with Crippen LogP contribution < -0.4 is 5.32 Å². The van der Waals surface area contributed by atoms with Gasteiger partial charge in [-0.05, 0) is 99.4 Å². The number of fused-ring (bicyclic) bond motifs is 1. The molecule has 0 spiro atoms. The van der Waals surface area contributed by atoms with Gasteiger partial charge in [-0.25, -0.2) is 4.79 Å². The molecule has 0 saturated heterocycles. The van der Waals surface area contributed by atoms with Gasteiger partial charge in [0, 0.05) is 44.3 Å². The lowest BCUT2D eigenvalue weighted by molar-refractivity contribution is -0.155. The number of carbonyl (C=O) groups is 4. The number of nitrogens with zero attached hydrogens (tertiary/aromatic N) is 1. The van der Waals surface area contributed by atoms with Gasteiger partial charge < -0.3 is 38.0 Å². The fourth-order valence-electron chi connectivity index (χ4n) is 6.18. The molecular weight excluding hydrogens is 781 g/mol. The van der Waals surface area contributed by atoms with Crippen LogP contribution in [0.3, 0.4) is 0 Å². The molecule has 4 rings (SSSR count). The van der Waals surface area contributed by atoms with Crippen LogP contribution in [-0.4, -0.2) is 75.7 Å². The molecule has 2 amide bonds. The van der Waals surface area contributed by atoms with E-state index in [0.717, 1.165) is 16.3 Å². The molecular formula is C47H62N2O10Si. The predicted molar refractivity (Wildman–Crippen MR) is 234 cm³/mol. The summed E-state index contributed by atoms with van der Waals surface area (Å²) in [5, 5.41) is 4.76. The smallest absolute Gasteiger partial charge is 0.338 e. The van der Waals surface area contributed by atoms with Crippen LogP contribution in [0.25, 0.3) is 10.8 Å². The Labute approximate surface area is 355 Å². The number of ether oxygens (including phenoxy) is 4. The van der Waals surface area contributed by atoms with Crippen LogP contribution in [0.4, 0.5) is 5.69 Å². The summed E-state index contributed by atoms with van der Waals surface area (Å²) in [6, 6.07) is 25.8. The molecule has 0 saturated carbocycles. The third kappa shape index (κ3) is 13.4. The van der Waals surface area contributed by atoms with Crippen molar-refractivity contribution in [2.24, 2.45) is 5.92 Å². The second-order valence-electron chi connectivity index (χ2n) is 17.3. The van der Waals surface area contributed by atoms with Gasteiger partial charge in [0.05, 0.1) is 18.6 Å². The molecule has 2 atom stereocenters. The van der Waals surface area contributed by atoms with Gasteiger partial charge in [-0.15, -0.1) is 0 Å². The highest BCUT2D eigenvalue weighted by Gasteiger charge is 2.40. The number of rotatable bonds is 19. The predicted octanol–water partition coefficient (Wildman–Crippen LogP) is 9.45. The van der Waals surface area contributed by atoms with Crippen molar-refractivity contribution in [3.8, 4) is 0 Å². The van der Waals surface area contributed by atoms with Crippen LogP contribution in [0.5, 0.6) is 0 Å². The molecule has 60 heavy (non-hydrogen) atoms. The van der Waals surface area contributed by atoms with Crippen molar-refractivity contribution in [1.29, 1.82) is 0 Å². The van der Waals surface area contributed by atoms with E-state index < -0.39 is 68.6 Å². The van der Waals surface area contributed by atoms with E-state index in [-0.39, 0.29) is 42.6 Å². The van der Waals surface area contributed by atoms with E-state index in [2.05, 4.69) is 39.2 Å². The molecule has 13 heteroatoms. The van der Waals surface area contributed by atoms with E-state index in [4.69, 9.17) is 27.8 Å². The zero-order valence-electron chi connectivity index (χ0n) is 37.0. The van der Waals surface area contributed by atoms with E-state index in [1.54, 1.807) is 56.9 Å². The van der Waals surface area contributed by atoms with Crippen molar-refractivity contribution in [2.45, 2.75) is 105 Å². The normalized spacial score (nSPS) is 13.5. The Morgan fingerprint density at radius 2 is 1.52 bits per heavy atom. The summed E-state index contributed by atoms with van der Waals surface area (Å²) in [5.74, 6) is -2.84. The number of para-hydroxylation sites is 1. The maximum Gasteiger partial charge on any atom is 0.338 e. The molecule has 0 aliphatic rings. The number of nitrogens with one attached hydrogen (secondary N) is 1. The Balaban J connectivity index is 1.85. The molecule has 1 heterocycles. The number of hydrogen-bond acceptors (Lipinski definition) is 10. The lowest BCUT2D eigenvalue weighted by Crippen LogP contribution is -2.48. The summed E-state index contributed by atoms with van der Waals surface area (Å²) in [4.78, 5) is 57.1. The van der Waals surface area contributed by atoms with Gasteiger partial charge in [-0.2, -0.15) is 0 Å². The maximum absolute atomic E-state index is 15.3. The number of esters is 2. The topological polar surface area (TPSA) is 143 Å². The molecule has 0 aliphatic carbocycles. The van der Waals surface area contributed by atoms with Gasteiger partial charge in [0.1, 0.15) is 11.4 Å². The van der Waals surface area contributed by atoms with Crippen molar-refractivity contribution in [3.63, 3.8) is 0 Å². The quantitative estimate of drug-likeness (QED) is 0.0319. The highest BCUT2D eigenvalue weighted by molar-refractivity contribution is 6.74. The van der Waals surface area contributed by atoms with Crippen LogP contribution in [0.15, 0.2) is 101 Å². The van der Waals surface area contributed by atoms with E-state index in [1.807, 2.05) is 67.6 Å². The molecule has 1 aromatic heterocycles. The molecule has 0 aliphatic heterocycles. The average molecular weight is 843 g/mol. The number of amides is 2. The highest BCUT2D eigenvalue weighted by atomic mass is 28.4. The first-order valence-corrected chi connectivity index (χ1v) is 23.2. The number of hydrogen-bond donors (Lipinski definition) is 1. The molecule has 4 aromatic rings. The second-order valence-corrected chi connectivity index (χ2v) is 22.1. The Hall–Kier alpha value is -5.24. The number of carbonyl (C=O) groups excluding carboxylic acids is 4. The summed E-state index contributed by atoms with van der Waals surface area (Å²) in [7, 11) is -0.944. The van der Waals surface area contributed by atoms with E-state index in [0.29, 0.717) is 11.4 Å². The van der Waals surface area contributed by atoms with Crippen molar-refractivity contribution in [1.82, 2.24) is 4.90 Å². The van der Waals surface area contributed by atoms with Crippen LogP contribution in [0.2, 0.25) is 18.1 Å². The first-order chi connectivity index (χ1) is 28.2. The summed E-state index contributed by atoms with van der Waals surface area (Å²) in [5.41, 5.74) is 0.284. The standard InChI is InChI=1S/C47H62N2O10Si/c1-12-55-45(53)39(28-41(50)59-46(3,4)5)42(56-31-54-9)44(52)49(29-33-22-23-34-18-16-17-19-35(34)26-33)32(2)36(30-57-60(10,11)47(6,7)8)27-38-24-25-40(58-38)43(51)48-37-20-14-13-15-21-37/h13-26,32,36H,12,27-31H2,1-11H3,(H,48,51). The number of benzene rings is 3. The van der Waals surface area contributed by atoms with Crippen LogP contribution in [-0.2, 0) is 50.7 Å². The first-order valence-electron chi connectivity index (χ1n) is 20.3. The Bertz CT molecular complexity index is 2110. The third-order valence-corrected chi connectivity index (χ3v) is 15.0. The molecule has 3 aromatic carbocycles. The van der Waals surface area contributed by atoms with Crippen molar-refractivity contribution in [3.05, 3.63) is 113 Å². The van der Waals surface area contributed by atoms with E-state index in [9.17, 15) is 14.4 Å². The van der Waals surface area contributed by atoms with Crippen LogP contribution in [0, 0.1) is 5.92 Å². The third-order valence-electron chi connectivity index (χ3n) is 10.5. The summed E-state index contributed by atoms with van der Waals surface area (Å²) >= 11 is 0. The Kier molecular flexibility index (Phi) is 16.5. The first kappa shape index (κ1) is 47.4. The summed E-state index contributed by atoms with van der Waals surface area (Å²) < 4.78 is 35.2. The maximum atomic E-state index is 15.3. The van der Waals surface area contributed by atoms with E-state index >= 15 is 4.79 Å². The van der Waals surface area contributed by atoms with Gasteiger partial charge in [0.25, 0.3) is 11.8 Å². The molecule has 0 radical (unpaired) electrons. The molecule has 1 N–H and O–H groups in total. The lowest BCUT2D eigenvalue weighted by Gasteiger charge is -2.40. The van der Waals surface area contributed by atoms with Crippen LogP contribution >= 0.6 is 0 Å². The monoisotopic (exact) mass is 842 g/mol. The molecule has 0 bridgehead atoms. The molecule has 12 nitrogen and oxygen atoms in total. The fraction of sp³-hybridized carbons (Fsp3) is 0.447. The number of methoxy groups -OCH3 is 1. The minimum Gasteiger partial charge on any atom is -0.463 e.